The molecule has 0 aliphatic carbocycles. The fourth-order valence-corrected chi connectivity index (χ4v) is 2.15. The second kappa shape index (κ2) is 6.95. The number of hydrogen-bond donors (Lipinski definition) is 2. The molecule has 0 spiro atoms. The molecule has 1 heterocycles. The second-order valence-electron chi connectivity index (χ2n) is 4.78. The van der Waals surface area contributed by atoms with Gasteiger partial charge in [0.25, 0.3) is 0 Å². The highest BCUT2D eigenvalue weighted by Gasteiger charge is 2.14. The van der Waals surface area contributed by atoms with Crippen molar-refractivity contribution in [3.05, 3.63) is 53.0 Å². The van der Waals surface area contributed by atoms with Crippen LogP contribution in [-0.2, 0) is 17.7 Å². The van der Waals surface area contributed by atoms with Crippen LogP contribution >= 0.6 is 0 Å². The average Bonchev–Trinajstić information content (AvgIpc) is 2.85. The number of rotatable bonds is 7. The van der Waals surface area contributed by atoms with Crippen molar-refractivity contribution in [3.8, 4) is 0 Å². The summed E-state index contributed by atoms with van der Waals surface area (Å²) < 4.78 is 10.4. The summed E-state index contributed by atoms with van der Waals surface area (Å²) in [5.41, 5.74) is 2.79. The molecule has 0 amide bonds. The smallest absolute Gasteiger partial charge is 0.372 e. The van der Waals surface area contributed by atoms with Gasteiger partial charge in [-0.05, 0) is 31.0 Å². The Morgan fingerprint density at radius 3 is 2.81 bits per heavy atom. The van der Waals surface area contributed by atoms with Gasteiger partial charge in [-0.15, -0.1) is 0 Å². The summed E-state index contributed by atoms with van der Waals surface area (Å²) in [7, 11) is 1.68. The topological polar surface area (TPSA) is 71.7 Å². The zero-order chi connectivity index (χ0) is 15.2. The second-order valence-corrected chi connectivity index (χ2v) is 4.78. The van der Waals surface area contributed by atoms with Gasteiger partial charge in [-0.2, -0.15) is 0 Å². The molecule has 5 nitrogen and oxygen atoms in total. The Bertz CT molecular complexity index is 618. The van der Waals surface area contributed by atoms with Crippen LogP contribution in [0.3, 0.4) is 0 Å². The largest absolute Gasteiger partial charge is 0.475 e. The molecule has 112 valence electrons. The maximum absolute atomic E-state index is 11.0. The van der Waals surface area contributed by atoms with Crippen LogP contribution in [0.2, 0.25) is 0 Å². The molecule has 0 fully saturated rings. The molecule has 0 aliphatic heterocycles. The van der Waals surface area contributed by atoms with E-state index in [9.17, 15) is 4.79 Å². The number of anilines is 1. The summed E-state index contributed by atoms with van der Waals surface area (Å²) in [5, 5.41) is 12.3. The number of aromatic carboxylic acids is 1. The minimum absolute atomic E-state index is 0.000492. The average molecular weight is 289 g/mol. The highest BCUT2D eigenvalue weighted by Crippen LogP contribution is 2.19. The van der Waals surface area contributed by atoms with E-state index in [4.69, 9.17) is 14.3 Å². The number of benzene rings is 1. The van der Waals surface area contributed by atoms with Gasteiger partial charge in [0, 0.05) is 18.4 Å². The van der Waals surface area contributed by atoms with Gasteiger partial charge in [0.1, 0.15) is 5.76 Å². The lowest BCUT2D eigenvalue weighted by molar-refractivity contribution is 0.0659. The molecular weight excluding hydrogens is 270 g/mol. The third kappa shape index (κ3) is 3.86. The molecule has 0 aliphatic rings. The third-order valence-corrected chi connectivity index (χ3v) is 3.21. The summed E-state index contributed by atoms with van der Waals surface area (Å²) in [6.07, 6.45) is 0.817. The Kier molecular flexibility index (Phi) is 5.00. The Morgan fingerprint density at radius 2 is 2.14 bits per heavy atom. The van der Waals surface area contributed by atoms with E-state index in [-0.39, 0.29) is 5.76 Å². The third-order valence-electron chi connectivity index (χ3n) is 3.21. The number of furan rings is 1. The van der Waals surface area contributed by atoms with Crippen LogP contribution in [0.15, 0.2) is 34.7 Å². The first-order valence-corrected chi connectivity index (χ1v) is 6.75. The zero-order valence-electron chi connectivity index (χ0n) is 12.2. The maximum Gasteiger partial charge on any atom is 0.372 e. The molecule has 2 N–H and O–H groups in total. The van der Waals surface area contributed by atoms with E-state index in [2.05, 4.69) is 5.32 Å². The molecule has 0 unspecified atom stereocenters. The SMILES string of the molecule is COCCc1ccccc1NCc1cc(C)c(C(=O)O)o1. The van der Waals surface area contributed by atoms with Gasteiger partial charge in [0.15, 0.2) is 0 Å². The summed E-state index contributed by atoms with van der Waals surface area (Å²) >= 11 is 0. The van der Waals surface area contributed by atoms with Crippen molar-refractivity contribution in [1.82, 2.24) is 0 Å². The lowest BCUT2D eigenvalue weighted by atomic mass is 10.1. The van der Waals surface area contributed by atoms with Crippen LogP contribution in [0.5, 0.6) is 0 Å². The van der Waals surface area contributed by atoms with Gasteiger partial charge in [-0.3, -0.25) is 0 Å². The van der Waals surface area contributed by atoms with E-state index in [1.165, 1.54) is 0 Å². The first-order chi connectivity index (χ1) is 10.1. The quantitative estimate of drug-likeness (QED) is 0.819. The van der Waals surface area contributed by atoms with Gasteiger partial charge >= 0.3 is 5.97 Å². The molecule has 2 aromatic rings. The maximum atomic E-state index is 11.0. The van der Waals surface area contributed by atoms with Crippen molar-refractivity contribution in [3.63, 3.8) is 0 Å². The first-order valence-electron chi connectivity index (χ1n) is 6.75. The molecule has 21 heavy (non-hydrogen) atoms. The molecule has 0 radical (unpaired) electrons. The van der Waals surface area contributed by atoms with E-state index in [0.717, 1.165) is 17.7 Å². The number of ether oxygens (including phenoxy) is 1. The molecule has 2 rings (SSSR count). The van der Waals surface area contributed by atoms with Gasteiger partial charge in [0.2, 0.25) is 5.76 Å². The molecule has 0 saturated carbocycles. The van der Waals surface area contributed by atoms with Crippen molar-refractivity contribution in [2.45, 2.75) is 19.9 Å². The Labute approximate surface area is 123 Å². The van der Waals surface area contributed by atoms with Gasteiger partial charge in [0.05, 0.1) is 13.2 Å². The van der Waals surface area contributed by atoms with Gasteiger partial charge < -0.3 is 19.6 Å². The summed E-state index contributed by atoms with van der Waals surface area (Å²) in [4.78, 5) is 11.0. The van der Waals surface area contributed by atoms with Crippen LogP contribution in [0.4, 0.5) is 5.69 Å². The van der Waals surface area contributed by atoms with E-state index in [1.807, 2.05) is 24.3 Å². The number of nitrogens with one attached hydrogen (secondary N) is 1. The van der Waals surface area contributed by atoms with E-state index in [1.54, 1.807) is 20.1 Å². The number of aryl methyl sites for hydroxylation is 1. The van der Waals surface area contributed by atoms with E-state index in [0.29, 0.717) is 24.5 Å². The zero-order valence-corrected chi connectivity index (χ0v) is 12.2. The van der Waals surface area contributed by atoms with Crippen molar-refractivity contribution in [1.29, 1.82) is 0 Å². The summed E-state index contributed by atoms with van der Waals surface area (Å²) in [5.74, 6) is -0.440. The number of para-hydroxylation sites is 1. The lowest BCUT2D eigenvalue weighted by Gasteiger charge is -2.10. The van der Waals surface area contributed by atoms with Gasteiger partial charge in [-0.1, -0.05) is 18.2 Å². The van der Waals surface area contributed by atoms with Crippen molar-refractivity contribution >= 4 is 11.7 Å². The molecule has 0 saturated heterocycles. The minimum Gasteiger partial charge on any atom is -0.475 e. The number of methoxy groups -OCH3 is 1. The van der Waals surface area contributed by atoms with Crippen LogP contribution in [-0.4, -0.2) is 24.8 Å². The van der Waals surface area contributed by atoms with Crippen LogP contribution in [0.1, 0.15) is 27.4 Å². The van der Waals surface area contributed by atoms with Crippen LogP contribution in [0, 0.1) is 6.92 Å². The normalized spacial score (nSPS) is 10.6. The molecular formula is C16H19NO4. The number of carbonyl (C=O) groups is 1. The number of carboxylic acids is 1. The van der Waals surface area contributed by atoms with E-state index < -0.39 is 5.97 Å². The molecule has 0 atom stereocenters. The predicted octanol–water partition coefficient (Wildman–Crippen LogP) is 3.09. The van der Waals surface area contributed by atoms with Crippen molar-refractivity contribution < 1.29 is 19.1 Å². The Hall–Kier alpha value is -2.27. The standard InChI is InChI=1S/C16H19NO4/c1-11-9-13(21-15(11)16(18)19)10-17-14-6-4-3-5-12(14)7-8-20-2/h3-6,9,17H,7-8,10H2,1-2H3,(H,18,19). The minimum atomic E-state index is -1.04. The fourth-order valence-electron chi connectivity index (χ4n) is 2.15. The lowest BCUT2D eigenvalue weighted by Crippen LogP contribution is -2.03. The monoisotopic (exact) mass is 289 g/mol. The first kappa shape index (κ1) is 15.1. The van der Waals surface area contributed by atoms with Crippen molar-refractivity contribution in [2.75, 3.05) is 19.0 Å². The molecule has 5 heteroatoms. The molecule has 1 aromatic heterocycles. The molecule has 1 aromatic carbocycles. The highest BCUT2D eigenvalue weighted by molar-refractivity contribution is 5.86. The highest BCUT2D eigenvalue weighted by atomic mass is 16.5. The van der Waals surface area contributed by atoms with Crippen LogP contribution < -0.4 is 5.32 Å². The predicted molar refractivity (Wildman–Crippen MR) is 79.8 cm³/mol. The van der Waals surface area contributed by atoms with Gasteiger partial charge in [-0.25, -0.2) is 4.79 Å². The molecule has 0 bridgehead atoms. The van der Waals surface area contributed by atoms with Crippen molar-refractivity contribution in [2.24, 2.45) is 0 Å². The Balaban J connectivity index is 2.06. The van der Waals surface area contributed by atoms with Crippen LogP contribution in [0.25, 0.3) is 0 Å². The fraction of sp³-hybridized carbons (Fsp3) is 0.312. The van der Waals surface area contributed by atoms with E-state index >= 15 is 0 Å². The number of carboxylic acid groups (broad SMARTS) is 1. The number of hydrogen-bond acceptors (Lipinski definition) is 4. The summed E-state index contributed by atoms with van der Waals surface area (Å²) in [6, 6.07) is 9.70. The summed E-state index contributed by atoms with van der Waals surface area (Å²) in [6.45, 7) is 2.82. The Morgan fingerprint density at radius 1 is 1.38 bits per heavy atom.